The average molecular weight is 315 g/mol. The minimum Gasteiger partial charge on any atom is -0.321 e. The monoisotopic (exact) mass is 314 g/mol. The van der Waals surface area contributed by atoms with E-state index in [1.807, 2.05) is 25.1 Å². The molecule has 0 bridgehead atoms. The molecule has 0 fully saturated rings. The second kappa shape index (κ2) is 5.68. The second-order valence-electron chi connectivity index (χ2n) is 4.07. The molecule has 94 valence electrons. The molecule has 0 aliphatic carbocycles. The van der Waals surface area contributed by atoms with Crippen molar-refractivity contribution in [3.8, 4) is 6.07 Å². The largest absolute Gasteiger partial charge is 0.321 e. The molecule has 0 unspecified atom stereocenters. The van der Waals surface area contributed by atoms with E-state index in [1.165, 1.54) is 0 Å². The van der Waals surface area contributed by atoms with Gasteiger partial charge in [-0.2, -0.15) is 5.26 Å². The summed E-state index contributed by atoms with van der Waals surface area (Å²) in [6, 6.07) is 14.5. The molecule has 0 aliphatic rings. The average Bonchev–Trinajstić information content (AvgIpc) is 2.39. The van der Waals surface area contributed by atoms with Crippen molar-refractivity contribution in [2.24, 2.45) is 0 Å². The van der Waals surface area contributed by atoms with Gasteiger partial charge in [-0.15, -0.1) is 0 Å². The first-order chi connectivity index (χ1) is 9.11. The molecular weight excluding hydrogens is 304 g/mol. The van der Waals surface area contributed by atoms with Crippen LogP contribution in [0.3, 0.4) is 0 Å². The summed E-state index contributed by atoms with van der Waals surface area (Å²) >= 11 is 3.33. The lowest BCUT2D eigenvalue weighted by molar-refractivity contribution is 0.102. The predicted molar refractivity (Wildman–Crippen MR) is 78.0 cm³/mol. The Morgan fingerprint density at radius 3 is 2.68 bits per heavy atom. The van der Waals surface area contributed by atoms with Crippen LogP contribution in [0.4, 0.5) is 5.69 Å². The Morgan fingerprint density at radius 1 is 1.26 bits per heavy atom. The molecule has 4 heteroatoms. The number of nitrogens with one attached hydrogen (secondary N) is 1. The van der Waals surface area contributed by atoms with E-state index in [9.17, 15) is 4.79 Å². The maximum Gasteiger partial charge on any atom is 0.255 e. The quantitative estimate of drug-likeness (QED) is 0.914. The Kier molecular flexibility index (Phi) is 3.98. The molecule has 0 radical (unpaired) electrons. The number of rotatable bonds is 2. The van der Waals surface area contributed by atoms with Gasteiger partial charge in [0.15, 0.2) is 0 Å². The third-order valence-corrected chi connectivity index (χ3v) is 3.23. The van der Waals surface area contributed by atoms with Gasteiger partial charge in [-0.25, -0.2) is 0 Å². The predicted octanol–water partition coefficient (Wildman–Crippen LogP) is 3.88. The van der Waals surface area contributed by atoms with Gasteiger partial charge in [0.25, 0.3) is 5.91 Å². The number of nitriles is 1. The summed E-state index contributed by atoms with van der Waals surface area (Å²) in [6.07, 6.45) is 0. The maximum absolute atomic E-state index is 12.2. The van der Waals surface area contributed by atoms with Crippen molar-refractivity contribution in [3.63, 3.8) is 0 Å². The molecule has 2 rings (SSSR count). The molecule has 0 heterocycles. The second-order valence-corrected chi connectivity index (χ2v) is 4.99. The molecule has 1 amide bonds. The zero-order valence-electron chi connectivity index (χ0n) is 10.3. The highest BCUT2D eigenvalue weighted by Crippen LogP contribution is 2.22. The Bertz CT molecular complexity index is 674. The Labute approximate surface area is 120 Å². The normalized spacial score (nSPS) is 9.74. The van der Waals surface area contributed by atoms with E-state index in [0.717, 1.165) is 10.0 Å². The van der Waals surface area contributed by atoms with Crippen LogP contribution in [-0.2, 0) is 0 Å². The number of halogens is 1. The van der Waals surface area contributed by atoms with Crippen molar-refractivity contribution in [1.29, 1.82) is 5.26 Å². The Balaban J connectivity index is 2.32. The van der Waals surface area contributed by atoms with Crippen LogP contribution in [0.2, 0.25) is 0 Å². The van der Waals surface area contributed by atoms with Gasteiger partial charge in [0.05, 0.1) is 11.3 Å². The molecule has 0 spiro atoms. The zero-order chi connectivity index (χ0) is 13.8. The van der Waals surface area contributed by atoms with E-state index in [1.54, 1.807) is 24.3 Å². The number of hydrogen-bond acceptors (Lipinski definition) is 2. The molecule has 2 aromatic carbocycles. The molecule has 0 aromatic heterocycles. The molecule has 19 heavy (non-hydrogen) atoms. The van der Waals surface area contributed by atoms with Crippen LogP contribution in [-0.4, -0.2) is 5.91 Å². The van der Waals surface area contributed by atoms with Crippen molar-refractivity contribution < 1.29 is 4.79 Å². The summed E-state index contributed by atoms with van der Waals surface area (Å²) < 4.78 is 0.812. The first-order valence-corrected chi connectivity index (χ1v) is 6.48. The van der Waals surface area contributed by atoms with Gasteiger partial charge in [-0.1, -0.05) is 34.1 Å². The standard InChI is InChI=1S/C15H11BrN2O/c1-10-4-2-3-5-13(10)15(19)18-14-8-12(16)7-6-11(14)9-17/h2-8H,1H3,(H,18,19). The summed E-state index contributed by atoms with van der Waals surface area (Å²) in [5, 5.41) is 11.8. The fourth-order valence-corrected chi connectivity index (χ4v) is 2.10. The van der Waals surface area contributed by atoms with Gasteiger partial charge in [0, 0.05) is 10.0 Å². The lowest BCUT2D eigenvalue weighted by Crippen LogP contribution is -2.14. The molecule has 1 N–H and O–H groups in total. The molecule has 0 saturated carbocycles. The summed E-state index contributed by atoms with van der Waals surface area (Å²) in [5.41, 5.74) is 2.44. The molecular formula is C15H11BrN2O. The molecule has 3 nitrogen and oxygen atoms in total. The molecule has 2 aromatic rings. The number of aryl methyl sites for hydroxylation is 1. The lowest BCUT2D eigenvalue weighted by Gasteiger charge is -2.09. The summed E-state index contributed by atoms with van der Waals surface area (Å²) in [5.74, 6) is -0.215. The van der Waals surface area contributed by atoms with Crippen molar-refractivity contribution >= 4 is 27.5 Å². The van der Waals surface area contributed by atoms with Crippen LogP contribution < -0.4 is 5.32 Å². The number of carbonyl (C=O) groups excluding carboxylic acids is 1. The number of carbonyl (C=O) groups is 1. The van der Waals surface area contributed by atoms with Crippen molar-refractivity contribution in [2.45, 2.75) is 6.92 Å². The first-order valence-electron chi connectivity index (χ1n) is 5.68. The van der Waals surface area contributed by atoms with Crippen LogP contribution >= 0.6 is 15.9 Å². The van der Waals surface area contributed by atoms with E-state index in [0.29, 0.717) is 16.8 Å². The van der Waals surface area contributed by atoms with Crippen molar-refractivity contribution in [3.05, 3.63) is 63.6 Å². The third kappa shape index (κ3) is 3.01. The highest BCUT2D eigenvalue weighted by molar-refractivity contribution is 9.10. The maximum atomic E-state index is 12.2. The van der Waals surface area contributed by atoms with E-state index in [2.05, 4.69) is 27.3 Å². The summed E-state index contributed by atoms with van der Waals surface area (Å²) in [6.45, 7) is 1.88. The van der Waals surface area contributed by atoms with Gasteiger partial charge in [-0.05, 0) is 36.8 Å². The fraction of sp³-hybridized carbons (Fsp3) is 0.0667. The van der Waals surface area contributed by atoms with Crippen LogP contribution in [0, 0.1) is 18.3 Å². The van der Waals surface area contributed by atoms with E-state index in [4.69, 9.17) is 5.26 Å². The van der Waals surface area contributed by atoms with E-state index in [-0.39, 0.29) is 5.91 Å². The Hall–Kier alpha value is -2.12. The van der Waals surface area contributed by atoms with Crippen LogP contribution in [0.1, 0.15) is 21.5 Å². The van der Waals surface area contributed by atoms with Gasteiger partial charge in [0.1, 0.15) is 6.07 Å². The number of hydrogen-bond donors (Lipinski definition) is 1. The molecule has 0 aliphatic heterocycles. The zero-order valence-corrected chi connectivity index (χ0v) is 11.9. The fourth-order valence-electron chi connectivity index (χ4n) is 1.73. The van der Waals surface area contributed by atoms with Crippen LogP contribution in [0.5, 0.6) is 0 Å². The minimum absolute atomic E-state index is 0.215. The van der Waals surface area contributed by atoms with Gasteiger partial charge in [0.2, 0.25) is 0 Å². The van der Waals surface area contributed by atoms with Crippen LogP contribution in [0.15, 0.2) is 46.9 Å². The number of nitrogens with zero attached hydrogens (tertiary/aromatic N) is 1. The minimum atomic E-state index is -0.215. The van der Waals surface area contributed by atoms with Gasteiger partial charge in [-0.3, -0.25) is 4.79 Å². The number of benzene rings is 2. The topological polar surface area (TPSA) is 52.9 Å². The van der Waals surface area contributed by atoms with Gasteiger partial charge < -0.3 is 5.32 Å². The van der Waals surface area contributed by atoms with Crippen LogP contribution in [0.25, 0.3) is 0 Å². The number of anilines is 1. The van der Waals surface area contributed by atoms with E-state index < -0.39 is 0 Å². The van der Waals surface area contributed by atoms with Gasteiger partial charge >= 0.3 is 0 Å². The van der Waals surface area contributed by atoms with Crippen molar-refractivity contribution in [1.82, 2.24) is 0 Å². The SMILES string of the molecule is Cc1ccccc1C(=O)Nc1cc(Br)ccc1C#N. The van der Waals surface area contributed by atoms with Crippen molar-refractivity contribution in [2.75, 3.05) is 5.32 Å². The highest BCUT2D eigenvalue weighted by Gasteiger charge is 2.11. The third-order valence-electron chi connectivity index (χ3n) is 2.74. The summed E-state index contributed by atoms with van der Waals surface area (Å²) in [4.78, 5) is 12.2. The summed E-state index contributed by atoms with van der Waals surface area (Å²) in [7, 11) is 0. The molecule has 0 saturated heterocycles. The first kappa shape index (κ1) is 13.3. The molecule has 0 atom stereocenters. The highest BCUT2D eigenvalue weighted by atomic mass is 79.9. The lowest BCUT2D eigenvalue weighted by atomic mass is 10.1. The number of amides is 1. The smallest absolute Gasteiger partial charge is 0.255 e. The Morgan fingerprint density at radius 2 is 2.00 bits per heavy atom. The van der Waals surface area contributed by atoms with E-state index >= 15 is 0 Å².